The van der Waals surface area contributed by atoms with Crippen LogP contribution in [0.25, 0.3) is 0 Å². The third-order valence-electron chi connectivity index (χ3n) is 2.48. The molecule has 0 saturated carbocycles. The van der Waals surface area contributed by atoms with Gasteiger partial charge in [-0.2, -0.15) is 0 Å². The van der Waals surface area contributed by atoms with E-state index in [2.05, 4.69) is 11.9 Å². The van der Waals surface area contributed by atoms with Gasteiger partial charge in [-0.15, -0.1) is 0 Å². The molecule has 1 amide bonds. The molecule has 0 bridgehead atoms. The van der Waals surface area contributed by atoms with Crippen molar-refractivity contribution in [2.45, 2.75) is 25.8 Å². The molecule has 5 nitrogen and oxygen atoms in total. The van der Waals surface area contributed by atoms with E-state index in [9.17, 15) is 9.36 Å². The molecule has 1 aliphatic carbocycles. The second-order valence-electron chi connectivity index (χ2n) is 4.36. The number of amides is 1. The summed E-state index contributed by atoms with van der Waals surface area (Å²) in [5, 5.41) is 2.73. The Labute approximate surface area is 100 Å². The molecule has 1 unspecified atom stereocenters. The molecule has 1 atom stereocenters. The van der Waals surface area contributed by atoms with Gasteiger partial charge >= 0.3 is 7.60 Å². The molecule has 0 aromatic heterocycles. The number of nitrogens with one attached hydrogen (secondary N) is 1. The lowest BCUT2D eigenvalue weighted by Gasteiger charge is -2.29. The third kappa shape index (κ3) is 3.66. The summed E-state index contributed by atoms with van der Waals surface area (Å²) < 4.78 is 11.0. The Morgan fingerprint density at radius 1 is 1.59 bits per heavy atom. The van der Waals surface area contributed by atoms with E-state index in [1.54, 1.807) is 19.9 Å². The topological polar surface area (TPSA) is 86.6 Å². The highest BCUT2D eigenvalue weighted by Gasteiger charge is 2.29. The quantitative estimate of drug-likeness (QED) is 0.527. The molecule has 0 aromatic carbocycles. The van der Waals surface area contributed by atoms with Crippen LogP contribution in [0.1, 0.15) is 20.3 Å². The van der Waals surface area contributed by atoms with Crippen molar-refractivity contribution in [3.05, 3.63) is 35.7 Å². The van der Waals surface area contributed by atoms with Crippen LogP contribution in [0.2, 0.25) is 0 Å². The normalized spacial score (nSPS) is 24.1. The first kappa shape index (κ1) is 13.9. The Bertz CT molecular complexity index is 460. The maximum atomic E-state index is 11.5. The van der Waals surface area contributed by atoms with E-state index in [-0.39, 0.29) is 11.2 Å². The zero-order valence-electron chi connectivity index (χ0n) is 9.80. The molecule has 1 rings (SSSR count). The zero-order chi connectivity index (χ0) is 13.3. The molecular formula is C11H16NO4P. The van der Waals surface area contributed by atoms with Crippen LogP contribution in [0.3, 0.4) is 0 Å². The Balaban J connectivity index is 2.78. The van der Waals surface area contributed by atoms with Gasteiger partial charge in [-0.25, -0.2) is 0 Å². The first-order chi connectivity index (χ1) is 7.64. The summed E-state index contributed by atoms with van der Waals surface area (Å²) in [5.74, 6) is -0.273. The van der Waals surface area contributed by atoms with E-state index in [4.69, 9.17) is 9.79 Å². The van der Waals surface area contributed by atoms with Crippen LogP contribution in [0.15, 0.2) is 35.7 Å². The van der Waals surface area contributed by atoms with Gasteiger partial charge in [0.2, 0.25) is 5.91 Å². The summed E-state index contributed by atoms with van der Waals surface area (Å²) in [5.41, 5.74) is -0.237. The van der Waals surface area contributed by atoms with Crippen LogP contribution in [-0.4, -0.2) is 21.2 Å². The van der Waals surface area contributed by atoms with Gasteiger partial charge in [0, 0.05) is 5.57 Å². The molecule has 0 radical (unpaired) electrons. The van der Waals surface area contributed by atoms with Crippen LogP contribution < -0.4 is 5.32 Å². The smallest absolute Gasteiger partial charge is 0.343 e. The molecule has 3 N–H and O–H groups in total. The molecule has 6 heteroatoms. The van der Waals surface area contributed by atoms with Crippen molar-refractivity contribution in [3.8, 4) is 0 Å². The molecule has 0 aliphatic heterocycles. The summed E-state index contributed by atoms with van der Waals surface area (Å²) >= 11 is 0. The van der Waals surface area contributed by atoms with E-state index in [1.165, 1.54) is 12.2 Å². The highest BCUT2D eigenvalue weighted by Crippen LogP contribution is 2.47. The Morgan fingerprint density at radius 3 is 2.53 bits per heavy atom. The van der Waals surface area contributed by atoms with Crippen LogP contribution in [0.4, 0.5) is 0 Å². The summed E-state index contributed by atoms with van der Waals surface area (Å²) in [6.45, 7) is 6.90. The van der Waals surface area contributed by atoms with Gasteiger partial charge in [0.15, 0.2) is 0 Å². The minimum Gasteiger partial charge on any atom is -0.343 e. The molecule has 0 spiro atoms. The molecular weight excluding hydrogens is 241 g/mol. The van der Waals surface area contributed by atoms with Gasteiger partial charge in [0.25, 0.3) is 0 Å². The highest BCUT2D eigenvalue weighted by atomic mass is 31.2. The monoisotopic (exact) mass is 257 g/mol. The lowest BCUT2D eigenvalue weighted by molar-refractivity contribution is -0.118. The molecule has 0 aromatic rings. The van der Waals surface area contributed by atoms with Crippen molar-refractivity contribution in [2.75, 3.05) is 0 Å². The number of carbonyl (C=O) groups excluding carboxylic acids is 1. The SMILES string of the molecule is C=C(C)C(=O)NC1(C)C=CC(P(=O)(O)O)=CC1. The predicted molar refractivity (Wildman–Crippen MR) is 65.2 cm³/mol. The fourth-order valence-electron chi connectivity index (χ4n) is 1.40. The lowest BCUT2D eigenvalue weighted by atomic mass is 9.93. The van der Waals surface area contributed by atoms with Crippen molar-refractivity contribution in [1.29, 1.82) is 0 Å². The molecule has 17 heavy (non-hydrogen) atoms. The summed E-state index contributed by atoms with van der Waals surface area (Å²) in [6, 6.07) is 0. The number of carbonyl (C=O) groups is 1. The van der Waals surface area contributed by atoms with Gasteiger partial charge in [-0.1, -0.05) is 18.7 Å². The fourth-order valence-corrected chi connectivity index (χ4v) is 1.99. The Morgan fingerprint density at radius 2 is 2.18 bits per heavy atom. The maximum Gasteiger partial charge on any atom is 0.355 e. The van der Waals surface area contributed by atoms with Crippen LogP contribution in [0.5, 0.6) is 0 Å². The number of allylic oxidation sites excluding steroid dienone is 2. The van der Waals surface area contributed by atoms with Crippen molar-refractivity contribution in [3.63, 3.8) is 0 Å². The van der Waals surface area contributed by atoms with Gasteiger partial charge in [0.05, 0.1) is 10.9 Å². The second kappa shape index (κ2) is 4.61. The maximum absolute atomic E-state index is 11.5. The molecule has 0 heterocycles. The largest absolute Gasteiger partial charge is 0.355 e. The van der Waals surface area contributed by atoms with Gasteiger partial charge < -0.3 is 15.1 Å². The Kier molecular flexibility index (Phi) is 3.77. The molecule has 1 aliphatic rings. The van der Waals surface area contributed by atoms with E-state index in [0.29, 0.717) is 12.0 Å². The second-order valence-corrected chi connectivity index (χ2v) is 5.97. The van der Waals surface area contributed by atoms with Gasteiger partial charge in [0.1, 0.15) is 0 Å². The Hall–Kier alpha value is -1.16. The molecule has 0 fully saturated rings. The van der Waals surface area contributed by atoms with E-state index < -0.39 is 13.1 Å². The van der Waals surface area contributed by atoms with E-state index in [0.717, 1.165) is 0 Å². The molecule has 94 valence electrons. The lowest BCUT2D eigenvalue weighted by Crippen LogP contribution is -2.45. The highest BCUT2D eigenvalue weighted by molar-refractivity contribution is 7.56. The van der Waals surface area contributed by atoms with Crippen LogP contribution >= 0.6 is 7.60 Å². The van der Waals surface area contributed by atoms with E-state index in [1.807, 2.05) is 0 Å². The van der Waals surface area contributed by atoms with Crippen molar-refractivity contribution >= 4 is 13.5 Å². The summed E-state index contributed by atoms with van der Waals surface area (Å²) in [7, 11) is -4.21. The summed E-state index contributed by atoms with van der Waals surface area (Å²) in [6.07, 6.45) is 4.72. The van der Waals surface area contributed by atoms with Crippen molar-refractivity contribution < 1.29 is 19.1 Å². The van der Waals surface area contributed by atoms with Crippen LogP contribution in [0, 0.1) is 0 Å². The van der Waals surface area contributed by atoms with Crippen molar-refractivity contribution in [2.24, 2.45) is 0 Å². The number of rotatable bonds is 3. The number of hydrogen-bond acceptors (Lipinski definition) is 2. The van der Waals surface area contributed by atoms with Gasteiger partial charge in [-0.3, -0.25) is 9.36 Å². The first-order valence-corrected chi connectivity index (χ1v) is 6.69. The standard InChI is InChI=1S/C11H16NO4P/c1-8(2)10(13)12-11(3)6-4-9(5-7-11)17(14,15)16/h4-6H,1,7H2,2-3H3,(H,12,13)(H2,14,15,16). The fraction of sp³-hybridized carbons (Fsp3) is 0.364. The number of hydrogen-bond donors (Lipinski definition) is 3. The summed E-state index contributed by atoms with van der Waals surface area (Å²) in [4.78, 5) is 29.4. The third-order valence-corrected chi connectivity index (χ3v) is 3.48. The average molecular weight is 257 g/mol. The van der Waals surface area contributed by atoms with Crippen LogP contribution in [-0.2, 0) is 9.36 Å². The van der Waals surface area contributed by atoms with Gasteiger partial charge in [-0.05, 0) is 26.3 Å². The minimum atomic E-state index is -4.21. The average Bonchev–Trinajstić information content (AvgIpc) is 2.15. The zero-order valence-corrected chi connectivity index (χ0v) is 10.7. The molecule has 0 saturated heterocycles. The van der Waals surface area contributed by atoms with Crippen molar-refractivity contribution in [1.82, 2.24) is 5.32 Å². The predicted octanol–water partition coefficient (Wildman–Crippen LogP) is 1.46. The minimum absolute atomic E-state index is 0.0143. The first-order valence-electron chi connectivity index (χ1n) is 5.08. The van der Waals surface area contributed by atoms with E-state index >= 15 is 0 Å².